The van der Waals surface area contributed by atoms with Gasteiger partial charge >= 0.3 is 0 Å². The molecule has 5 heterocycles. The zero-order valence-corrected chi connectivity index (χ0v) is 39.9. The molecule has 0 bridgehead atoms. The summed E-state index contributed by atoms with van der Waals surface area (Å²) in [4.78, 5) is 4.67. The van der Waals surface area contributed by atoms with Crippen molar-refractivity contribution in [2.45, 2.75) is 6.92 Å². The number of fused-ring (bicyclic) bond motifs is 18. The first-order valence-electron chi connectivity index (χ1n) is 23.3. The van der Waals surface area contributed by atoms with Crippen molar-refractivity contribution in [3.05, 3.63) is 211 Å². The minimum Gasteiger partial charge on any atom is -0.316 e. The summed E-state index contributed by atoms with van der Waals surface area (Å²) in [6.07, 6.45) is 0. The molecule has 7 heteroatoms. The molecule has 0 saturated carbocycles. The molecular weight excluding hydrogens is 909 g/mol. The van der Waals surface area contributed by atoms with Crippen molar-refractivity contribution in [1.82, 2.24) is 9.13 Å². The van der Waals surface area contributed by atoms with Crippen molar-refractivity contribution in [2.24, 2.45) is 0 Å². The van der Waals surface area contributed by atoms with Crippen LogP contribution >= 0.6 is 34.0 Å². The second kappa shape index (κ2) is 14.7. The predicted molar refractivity (Wildman–Crippen MR) is 300 cm³/mol. The lowest BCUT2D eigenvalue weighted by Gasteiger charge is -2.26. The third-order valence-corrected chi connectivity index (χ3v) is 18.0. The summed E-state index contributed by atoms with van der Waals surface area (Å²) < 4.78 is 12.0. The van der Waals surface area contributed by atoms with Crippen LogP contribution in [0.3, 0.4) is 0 Å². The maximum absolute atomic E-state index is 12.1. The molecule has 0 aliphatic heterocycles. The highest BCUT2D eigenvalue weighted by atomic mass is 32.1. The van der Waals surface area contributed by atoms with Crippen LogP contribution in [0.1, 0.15) is 11.1 Å². The van der Waals surface area contributed by atoms with E-state index in [1.807, 2.05) is 46.9 Å². The summed E-state index contributed by atoms with van der Waals surface area (Å²) in [5.74, 6) is 0. The summed E-state index contributed by atoms with van der Waals surface area (Å²) in [5.41, 5.74) is 10.9. The molecule has 10 aromatic carbocycles. The first kappa shape index (κ1) is 39.4. The summed E-state index contributed by atoms with van der Waals surface area (Å²) in [5, 5.41) is 23.7. The van der Waals surface area contributed by atoms with E-state index in [4.69, 9.17) is 0 Å². The Kier molecular flexibility index (Phi) is 8.29. The third-order valence-electron chi connectivity index (χ3n) is 14.4. The molecule has 0 aliphatic carbocycles. The fraction of sp³-hybridized carbons (Fsp3) is 0.0159. The minimum atomic E-state index is 0.434. The van der Waals surface area contributed by atoms with Crippen molar-refractivity contribution in [3.8, 4) is 39.7 Å². The smallest absolute Gasteiger partial charge is 0.220 e. The van der Waals surface area contributed by atoms with Gasteiger partial charge in [0, 0.05) is 79.1 Å². The second-order valence-electron chi connectivity index (χ2n) is 18.1. The maximum Gasteiger partial charge on any atom is 0.220 e. The quantitative estimate of drug-likeness (QED) is 0.162. The number of thiophene rings is 3. The monoisotopic (exact) mass is 942 g/mol. The summed E-state index contributed by atoms with van der Waals surface area (Å²) in [6.45, 7) is 11.7. The molecule has 4 nitrogen and oxygen atoms in total. The highest BCUT2D eigenvalue weighted by Gasteiger charge is 2.33. The Morgan fingerprint density at radius 2 is 0.857 bits per heavy atom. The van der Waals surface area contributed by atoms with Crippen molar-refractivity contribution in [3.63, 3.8) is 0 Å². The number of aromatic nitrogens is 2. The number of benzene rings is 10. The number of rotatable bonds is 4. The topological polar surface area (TPSA) is 38.0 Å². The van der Waals surface area contributed by atoms with Crippen molar-refractivity contribution >= 4 is 144 Å². The van der Waals surface area contributed by atoms with Gasteiger partial charge in [-0.15, -0.1) is 34.0 Å². The van der Waals surface area contributed by atoms with Gasteiger partial charge in [-0.25, -0.2) is 4.85 Å². The van der Waals surface area contributed by atoms with Crippen molar-refractivity contribution in [2.75, 3.05) is 0 Å². The molecule has 5 aromatic heterocycles. The number of nitrogens with zero attached hydrogens (tertiary/aromatic N) is 4. The van der Waals surface area contributed by atoms with Gasteiger partial charge in [0.05, 0.1) is 59.7 Å². The van der Waals surface area contributed by atoms with E-state index < -0.39 is 0 Å². The van der Waals surface area contributed by atoms with Crippen LogP contribution in [-0.4, -0.2) is 9.13 Å². The van der Waals surface area contributed by atoms with Crippen LogP contribution in [0.15, 0.2) is 188 Å². The Labute approximate surface area is 412 Å². The Balaban J connectivity index is 1.27. The molecule has 0 saturated heterocycles. The molecule has 0 unspecified atom stereocenters. The normalized spacial score (nSPS) is 12.0. The van der Waals surface area contributed by atoms with Crippen molar-refractivity contribution < 1.29 is 0 Å². The van der Waals surface area contributed by atoms with E-state index in [1.54, 1.807) is 11.3 Å². The predicted octanol–water partition coefficient (Wildman–Crippen LogP) is 19.0. The summed E-state index contributed by atoms with van der Waals surface area (Å²) in [7, 11) is 0. The van der Waals surface area contributed by atoms with Crippen LogP contribution in [0.2, 0.25) is 0 Å². The van der Waals surface area contributed by atoms with E-state index in [0.717, 1.165) is 91.3 Å². The van der Waals surface area contributed by atoms with E-state index in [-0.39, 0.29) is 0 Å². The molecule has 70 heavy (non-hydrogen) atoms. The van der Waals surface area contributed by atoms with Gasteiger partial charge in [-0.05, 0) is 48.4 Å². The summed E-state index contributed by atoms with van der Waals surface area (Å²) >= 11 is 5.42. The van der Waals surface area contributed by atoms with Gasteiger partial charge < -0.3 is 9.13 Å². The highest BCUT2D eigenvalue weighted by molar-refractivity contribution is 7.27. The van der Waals surface area contributed by atoms with Crippen molar-refractivity contribution in [1.29, 1.82) is 5.26 Å². The van der Waals surface area contributed by atoms with Gasteiger partial charge in [-0.3, -0.25) is 0 Å². The Bertz CT molecular complexity index is 4730. The average Bonchev–Trinajstić information content (AvgIpc) is 4.23. The molecule has 0 aliphatic rings. The van der Waals surface area contributed by atoms with Crippen LogP contribution in [0.5, 0.6) is 0 Å². The van der Waals surface area contributed by atoms with E-state index in [1.165, 1.54) is 46.4 Å². The van der Waals surface area contributed by atoms with Crippen LogP contribution in [0.4, 0.5) is 5.69 Å². The van der Waals surface area contributed by atoms with Gasteiger partial charge in [0.25, 0.3) is 0 Å². The lowest BCUT2D eigenvalue weighted by atomic mass is 9.88. The highest BCUT2D eigenvalue weighted by Crippen LogP contribution is 2.55. The van der Waals surface area contributed by atoms with E-state index in [0.29, 0.717) is 16.8 Å². The first-order chi connectivity index (χ1) is 34.6. The average molecular weight is 943 g/mol. The Hall–Kier alpha value is -8.56. The number of hydrogen-bond donors (Lipinski definition) is 0. The maximum atomic E-state index is 12.1. The van der Waals surface area contributed by atoms with Crippen LogP contribution in [-0.2, 0) is 0 Å². The van der Waals surface area contributed by atoms with Crippen LogP contribution in [0.25, 0.3) is 143 Å². The van der Waals surface area contributed by atoms with Gasteiger partial charge in [-0.2, -0.15) is 5.26 Å². The zero-order chi connectivity index (χ0) is 46.4. The lowest BCUT2D eigenvalue weighted by Crippen LogP contribution is -2.09. The van der Waals surface area contributed by atoms with Crippen LogP contribution < -0.4 is 0 Å². The molecule has 15 rings (SSSR count). The molecular formula is C63H34N4S3. The molecule has 0 radical (unpaired) electrons. The van der Waals surface area contributed by atoms with E-state index >= 15 is 0 Å². The Morgan fingerprint density at radius 3 is 1.34 bits per heavy atom. The number of aryl methyl sites for hydroxylation is 1. The third kappa shape index (κ3) is 5.26. The molecule has 0 N–H and O–H groups in total. The molecule has 0 amide bonds. The first-order valence-corrected chi connectivity index (χ1v) is 25.7. The van der Waals surface area contributed by atoms with E-state index in [9.17, 15) is 11.8 Å². The molecule has 324 valence electrons. The zero-order valence-electron chi connectivity index (χ0n) is 37.4. The molecule has 0 fully saturated rings. The summed E-state index contributed by atoms with van der Waals surface area (Å²) in [6, 6.07) is 70.0. The second-order valence-corrected chi connectivity index (χ2v) is 21.3. The number of nitriles is 1. The fourth-order valence-electron chi connectivity index (χ4n) is 11.5. The van der Waals surface area contributed by atoms with Gasteiger partial charge in [0.1, 0.15) is 6.07 Å². The molecule has 0 spiro atoms. The molecule has 15 aromatic rings. The number of hydrogen-bond acceptors (Lipinski definition) is 4. The lowest BCUT2D eigenvalue weighted by molar-refractivity contribution is 1.14. The SMILES string of the molecule is [C-]#[N+]c1c(-c2ccccc2)c(C#N)c(-n2c3ccc(C)cc3c3ccc4c5ccccc5sc4c32)c(-c2ccccc2)c1-n1c2c(ccc3c4ccccc4sc32)c2ccc3c4ccccc4sc3c21. The van der Waals surface area contributed by atoms with Gasteiger partial charge in [-0.1, -0.05) is 163 Å². The van der Waals surface area contributed by atoms with Gasteiger partial charge in [0.2, 0.25) is 5.69 Å². The minimum absolute atomic E-state index is 0.434. The largest absolute Gasteiger partial charge is 0.316 e. The fourth-order valence-corrected chi connectivity index (χ4v) is 15.2. The van der Waals surface area contributed by atoms with Gasteiger partial charge in [0.15, 0.2) is 0 Å². The van der Waals surface area contributed by atoms with Crippen LogP contribution in [0, 0.1) is 24.8 Å². The molecule has 0 atom stereocenters. The Morgan fingerprint density at radius 1 is 0.429 bits per heavy atom. The van der Waals surface area contributed by atoms with E-state index in [2.05, 4.69) is 191 Å². The standard InChI is InChI=1S/C63H34N4S3/c1-35-25-32-49-47(33-35)43-28-31-44-38-19-9-12-22-50(38)68-61(44)57(43)66(49)56-48(34-64)53(36-15-5-3-6-16-36)55(65-2)60(54(56)37-17-7-4-8-18-37)67-58-41(26-29-45-39-20-10-13-23-51(39)69-62(45)58)42-27-30-46-40-21-11-14-24-52(40)70-63(46)59(42)67/h3-33H,1H3.